The maximum atomic E-state index is 5.91. The molecule has 20 heavy (non-hydrogen) atoms. The fraction of sp³-hybridized carbons (Fsp3) is 0.588. The lowest BCUT2D eigenvalue weighted by molar-refractivity contribution is 0.351. The van der Waals surface area contributed by atoms with E-state index in [1.807, 2.05) is 12.1 Å². The van der Waals surface area contributed by atoms with Crippen molar-refractivity contribution in [3.8, 4) is 0 Å². The molecule has 2 N–H and O–H groups in total. The third-order valence-electron chi connectivity index (χ3n) is 4.26. The Morgan fingerprint density at radius 3 is 2.45 bits per heavy atom. The molecule has 0 aliphatic carbocycles. The van der Waals surface area contributed by atoms with Crippen LogP contribution in [0.4, 0.5) is 5.69 Å². The van der Waals surface area contributed by atoms with E-state index < -0.39 is 0 Å². The predicted octanol–water partition coefficient (Wildman–Crippen LogP) is 4.52. The quantitative estimate of drug-likeness (QED) is 0.835. The average Bonchev–Trinajstić information content (AvgIpc) is 2.75. The van der Waals surface area contributed by atoms with Gasteiger partial charge in [-0.3, -0.25) is 0 Å². The number of nitrogens with zero attached hydrogens (tertiary/aromatic N) is 2. The zero-order valence-electron chi connectivity index (χ0n) is 13.6. The third kappa shape index (κ3) is 2.54. The molecule has 0 fully saturated rings. The Bertz CT molecular complexity index is 604. The van der Waals surface area contributed by atoms with Crippen LogP contribution in [0.15, 0.2) is 18.2 Å². The average molecular weight is 273 g/mol. The molecule has 110 valence electrons. The molecule has 0 bridgehead atoms. The molecule has 2 unspecified atom stereocenters. The molecular weight excluding hydrogens is 246 g/mol. The minimum absolute atomic E-state index is 0.0233. The van der Waals surface area contributed by atoms with Crippen LogP contribution in [0, 0.1) is 5.92 Å². The number of nitrogens with two attached hydrogens (primary N) is 1. The molecule has 1 aromatic heterocycles. The van der Waals surface area contributed by atoms with E-state index in [4.69, 9.17) is 10.7 Å². The molecule has 0 amide bonds. The van der Waals surface area contributed by atoms with Gasteiger partial charge in [-0.1, -0.05) is 41.0 Å². The van der Waals surface area contributed by atoms with E-state index >= 15 is 0 Å². The van der Waals surface area contributed by atoms with E-state index in [0.29, 0.717) is 12.0 Å². The number of aromatic nitrogens is 2. The van der Waals surface area contributed by atoms with Crippen LogP contribution in [0.5, 0.6) is 0 Å². The highest BCUT2D eigenvalue weighted by Crippen LogP contribution is 2.33. The van der Waals surface area contributed by atoms with E-state index in [0.717, 1.165) is 17.0 Å². The fourth-order valence-corrected chi connectivity index (χ4v) is 2.65. The van der Waals surface area contributed by atoms with Crippen molar-refractivity contribution in [2.75, 3.05) is 5.73 Å². The standard InChI is InChI=1S/C17H27N3/c1-7-11(2)12(3)20-15-9-8-13(18)10-14(15)19-16(20)17(4,5)6/h8-12H,7,18H2,1-6H3. The van der Waals surface area contributed by atoms with Crippen molar-refractivity contribution < 1.29 is 0 Å². The second-order valence-corrected chi connectivity index (χ2v) is 6.93. The summed E-state index contributed by atoms with van der Waals surface area (Å²) in [5.74, 6) is 1.76. The Hall–Kier alpha value is -1.51. The van der Waals surface area contributed by atoms with Gasteiger partial charge in [-0.2, -0.15) is 0 Å². The molecule has 2 rings (SSSR count). The number of hydrogen-bond donors (Lipinski definition) is 1. The molecule has 1 heterocycles. The number of anilines is 1. The molecule has 0 aliphatic rings. The maximum absolute atomic E-state index is 5.91. The highest BCUT2D eigenvalue weighted by Gasteiger charge is 2.27. The second kappa shape index (κ2) is 5.12. The predicted molar refractivity (Wildman–Crippen MR) is 87.0 cm³/mol. The largest absolute Gasteiger partial charge is 0.399 e. The summed E-state index contributed by atoms with van der Waals surface area (Å²) >= 11 is 0. The van der Waals surface area contributed by atoms with Gasteiger partial charge in [0.2, 0.25) is 0 Å². The van der Waals surface area contributed by atoms with Gasteiger partial charge in [0.15, 0.2) is 0 Å². The molecule has 0 saturated carbocycles. The van der Waals surface area contributed by atoms with E-state index in [9.17, 15) is 0 Å². The molecule has 1 aromatic carbocycles. The zero-order valence-corrected chi connectivity index (χ0v) is 13.6. The lowest BCUT2D eigenvalue weighted by atomic mass is 9.93. The van der Waals surface area contributed by atoms with Crippen LogP contribution in [0.3, 0.4) is 0 Å². The van der Waals surface area contributed by atoms with Crippen molar-refractivity contribution >= 4 is 16.7 Å². The number of rotatable bonds is 3. The molecule has 0 saturated heterocycles. The SMILES string of the molecule is CCC(C)C(C)n1c(C(C)(C)C)nc2cc(N)ccc21. The Labute approximate surface area is 122 Å². The van der Waals surface area contributed by atoms with Crippen LogP contribution < -0.4 is 5.73 Å². The zero-order chi connectivity index (χ0) is 15.1. The summed E-state index contributed by atoms with van der Waals surface area (Å²) in [5.41, 5.74) is 8.90. The minimum atomic E-state index is 0.0233. The van der Waals surface area contributed by atoms with Crippen LogP contribution in [0.1, 0.15) is 59.8 Å². The van der Waals surface area contributed by atoms with Crippen LogP contribution in [-0.4, -0.2) is 9.55 Å². The Balaban J connectivity index is 2.71. The van der Waals surface area contributed by atoms with Crippen LogP contribution in [-0.2, 0) is 5.41 Å². The third-order valence-corrected chi connectivity index (χ3v) is 4.26. The second-order valence-electron chi connectivity index (χ2n) is 6.93. The Morgan fingerprint density at radius 1 is 1.25 bits per heavy atom. The van der Waals surface area contributed by atoms with Gasteiger partial charge in [-0.05, 0) is 31.0 Å². The van der Waals surface area contributed by atoms with E-state index in [-0.39, 0.29) is 5.41 Å². The molecule has 2 atom stereocenters. The summed E-state index contributed by atoms with van der Waals surface area (Å²) in [6, 6.07) is 6.48. The van der Waals surface area contributed by atoms with Crippen molar-refractivity contribution in [1.82, 2.24) is 9.55 Å². The number of fused-ring (bicyclic) bond motifs is 1. The van der Waals surface area contributed by atoms with Gasteiger partial charge in [-0.25, -0.2) is 4.98 Å². The first-order valence-electron chi connectivity index (χ1n) is 7.53. The van der Waals surface area contributed by atoms with Gasteiger partial charge >= 0.3 is 0 Å². The number of imidazole rings is 1. The maximum Gasteiger partial charge on any atom is 0.115 e. The van der Waals surface area contributed by atoms with Crippen LogP contribution in [0.25, 0.3) is 11.0 Å². The highest BCUT2D eigenvalue weighted by molar-refractivity contribution is 5.80. The topological polar surface area (TPSA) is 43.8 Å². The van der Waals surface area contributed by atoms with Crippen LogP contribution in [0.2, 0.25) is 0 Å². The smallest absolute Gasteiger partial charge is 0.115 e. The van der Waals surface area contributed by atoms with Gasteiger partial charge in [0.1, 0.15) is 5.82 Å². The minimum Gasteiger partial charge on any atom is -0.399 e. The number of nitrogen functional groups attached to an aromatic ring is 1. The summed E-state index contributed by atoms with van der Waals surface area (Å²) < 4.78 is 2.41. The Morgan fingerprint density at radius 2 is 1.90 bits per heavy atom. The van der Waals surface area contributed by atoms with Gasteiger partial charge < -0.3 is 10.3 Å². The Kier molecular flexibility index (Phi) is 3.81. The molecule has 0 spiro atoms. The first-order valence-corrected chi connectivity index (χ1v) is 7.53. The molecule has 3 nitrogen and oxygen atoms in total. The van der Waals surface area contributed by atoms with E-state index in [2.05, 4.69) is 52.2 Å². The van der Waals surface area contributed by atoms with E-state index in [1.54, 1.807) is 0 Å². The molecule has 2 aromatic rings. The monoisotopic (exact) mass is 273 g/mol. The van der Waals surface area contributed by atoms with Crippen molar-refractivity contribution in [2.24, 2.45) is 5.92 Å². The summed E-state index contributed by atoms with van der Waals surface area (Å²) in [5, 5.41) is 0. The van der Waals surface area contributed by atoms with Crippen LogP contribution >= 0.6 is 0 Å². The van der Waals surface area contributed by atoms with Gasteiger partial charge in [0.05, 0.1) is 11.0 Å². The van der Waals surface area contributed by atoms with Gasteiger partial charge in [-0.15, -0.1) is 0 Å². The van der Waals surface area contributed by atoms with E-state index in [1.165, 1.54) is 11.9 Å². The highest BCUT2D eigenvalue weighted by atomic mass is 15.1. The number of hydrogen-bond acceptors (Lipinski definition) is 2. The summed E-state index contributed by atoms with van der Waals surface area (Å²) in [6.45, 7) is 13.5. The summed E-state index contributed by atoms with van der Waals surface area (Å²) in [4.78, 5) is 4.87. The summed E-state index contributed by atoms with van der Waals surface area (Å²) in [6.07, 6.45) is 1.17. The molecule has 0 radical (unpaired) electrons. The number of benzene rings is 1. The van der Waals surface area contributed by atoms with Gasteiger partial charge in [0, 0.05) is 17.1 Å². The first kappa shape index (κ1) is 14.9. The molecule has 3 heteroatoms. The van der Waals surface area contributed by atoms with Gasteiger partial charge in [0.25, 0.3) is 0 Å². The van der Waals surface area contributed by atoms with Crippen molar-refractivity contribution in [3.63, 3.8) is 0 Å². The molecule has 0 aliphatic heterocycles. The lowest BCUT2D eigenvalue weighted by Gasteiger charge is -2.27. The van der Waals surface area contributed by atoms with Crippen molar-refractivity contribution in [1.29, 1.82) is 0 Å². The first-order chi connectivity index (χ1) is 9.25. The molecular formula is C17H27N3. The normalized spacial score (nSPS) is 15.5. The summed E-state index contributed by atoms with van der Waals surface area (Å²) in [7, 11) is 0. The lowest BCUT2D eigenvalue weighted by Crippen LogP contribution is -2.23. The van der Waals surface area contributed by atoms with Crippen molar-refractivity contribution in [2.45, 2.75) is 59.4 Å². The van der Waals surface area contributed by atoms with Crippen molar-refractivity contribution in [3.05, 3.63) is 24.0 Å². The fourth-order valence-electron chi connectivity index (χ4n) is 2.65.